The van der Waals surface area contributed by atoms with Crippen molar-refractivity contribution in [1.29, 1.82) is 0 Å². The summed E-state index contributed by atoms with van der Waals surface area (Å²) in [6.45, 7) is 11.4. The van der Waals surface area contributed by atoms with E-state index in [1.807, 2.05) is 19.1 Å². The Balaban J connectivity index is 2.22. The van der Waals surface area contributed by atoms with Gasteiger partial charge in [0.15, 0.2) is 0 Å². The topological polar surface area (TPSA) is 15.3 Å². The Morgan fingerprint density at radius 2 is 2.05 bits per heavy atom. The summed E-state index contributed by atoms with van der Waals surface area (Å²) in [5, 5.41) is 3.59. The Labute approximate surface area is 116 Å². The number of aryl methyl sites for hydroxylation is 1. The third kappa shape index (κ3) is 3.47. The summed E-state index contributed by atoms with van der Waals surface area (Å²) in [6.07, 6.45) is 1.06. The first kappa shape index (κ1) is 14.3. The molecule has 0 aromatic heterocycles. The maximum atomic E-state index is 14.1. The minimum atomic E-state index is -0.102. The predicted octanol–water partition coefficient (Wildman–Crippen LogP) is 3.35. The molecule has 1 heterocycles. The van der Waals surface area contributed by atoms with Crippen molar-refractivity contribution in [2.75, 3.05) is 24.5 Å². The molecule has 1 atom stereocenters. The molecule has 3 heteroatoms. The largest absolute Gasteiger partial charge is 0.368 e. The lowest BCUT2D eigenvalue weighted by Gasteiger charge is -2.34. The van der Waals surface area contributed by atoms with E-state index in [1.54, 1.807) is 6.07 Å². The number of anilines is 1. The van der Waals surface area contributed by atoms with Gasteiger partial charge in [0.2, 0.25) is 0 Å². The zero-order valence-corrected chi connectivity index (χ0v) is 12.5. The normalized spacial score (nSPS) is 21.3. The van der Waals surface area contributed by atoms with Crippen LogP contribution in [0.2, 0.25) is 0 Å². The summed E-state index contributed by atoms with van der Waals surface area (Å²) < 4.78 is 14.1. The summed E-state index contributed by atoms with van der Waals surface area (Å²) in [5.74, 6) is -0.102. The zero-order valence-electron chi connectivity index (χ0n) is 12.5. The molecule has 19 heavy (non-hydrogen) atoms. The van der Waals surface area contributed by atoms with Crippen LogP contribution in [0.25, 0.3) is 0 Å². The Hall–Kier alpha value is -1.09. The third-order valence-corrected chi connectivity index (χ3v) is 3.89. The number of rotatable bonds is 1. The quantitative estimate of drug-likeness (QED) is 0.837. The van der Waals surface area contributed by atoms with Gasteiger partial charge in [0.05, 0.1) is 5.69 Å². The molecule has 1 saturated heterocycles. The lowest BCUT2D eigenvalue weighted by atomic mass is 9.86. The minimum absolute atomic E-state index is 0.102. The minimum Gasteiger partial charge on any atom is -0.368 e. The van der Waals surface area contributed by atoms with E-state index in [4.69, 9.17) is 0 Å². The van der Waals surface area contributed by atoms with Crippen molar-refractivity contribution in [1.82, 2.24) is 5.32 Å². The van der Waals surface area contributed by atoms with Crippen LogP contribution in [0.1, 0.15) is 32.8 Å². The molecule has 1 aliphatic rings. The number of nitrogens with zero attached hydrogens (tertiary/aromatic N) is 1. The van der Waals surface area contributed by atoms with Gasteiger partial charge < -0.3 is 10.2 Å². The van der Waals surface area contributed by atoms with Gasteiger partial charge in [-0.3, -0.25) is 0 Å². The van der Waals surface area contributed by atoms with Gasteiger partial charge in [-0.1, -0.05) is 26.8 Å². The van der Waals surface area contributed by atoms with E-state index in [-0.39, 0.29) is 11.2 Å². The maximum absolute atomic E-state index is 14.1. The summed E-state index contributed by atoms with van der Waals surface area (Å²) in [4.78, 5) is 2.19. The first-order valence-electron chi connectivity index (χ1n) is 7.12. The van der Waals surface area contributed by atoms with E-state index in [2.05, 4.69) is 31.0 Å². The first-order valence-corrected chi connectivity index (χ1v) is 7.12. The second-order valence-corrected chi connectivity index (χ2v) is 6.63. The van der Waals surface area contributed by atoms with Crippen LogP contribution >= 0.6 is 0 Å². The molecule has 2 nitrogen and oxygen atoms in total. The smallest absolute Gasteiger partial charge is 0.146 e. The van der Waals surface area contributed by atoms with Gasteiger partial charge in [-0.25, -0.2) is 4.39 Å². The molecule has 0 saturated carbocycles. The fourth-order valence-corrected chi connectivity index (χ4v) is 2.59. The van der Waals surface area contributed by atoms with Crippen LogP contribution in [0.5, 0.6) is 0 Å². The van der Waals surface area contributed by atoms with Gasteiger partial charge >= 0.3 is 0 Å². The Bertz CT molecular complexity index is 437. The standard InChI is InChI=1S/C16H25FN2/c1-12-6-7-14(13(17)10-12)19-9-5-8-18-15(11-19)16(2,3)4/h6-7,10,15,18H,5,8-9,11H2,1-4H3. The second kappa shape index (κ2) is 5.49. The Morgan fingerprint density at radius 3 is 2.68 bits per heavy atom. The molecule has 0 amide bonds. The highest BCUT2D eigenvalue weighted by molar-refractivity contribution is 5.49. The molecule has 0 radical (unpaired) electrons. The molecule has 1 aliphatic heterocycles. The van der Waals surface area contributed by atoms with Crippen molar-refractivity contribution in [2.45, 2.75) is 40.2 Å². The molecular formula is C16H25FN2. The van der Waals surface area contributed by atoms with Crippen LogP contribution < -0.4 is 10.2 Å². The van der Waals surface area contributed by atoms with E-state index in [1.165, 1.54) is 0 Å². The molecule has 1 aromatic rings. The van der Waals surface area contributed by atoms with E-state index in [9.17, 15) is 4.39 Å². The highest BCUT2D eigenvalue weighted by Gasteiger charge is 2.28. The van der Waals surface area contributed by atoms with Gasteiger partial charge in [-0.05, 0) is 43.0 Å². The van der Waals surface area contributed by atoms with Crippen molar-refractivity contribution in [3.63, 3.8) is 0 Å². The average molecular weight is 264 g/mol. The number of hydrogen-bond acceptors (Lipinski definition) is 2. The molecule has 0 aliphatic carbocycles. The lowest BCUT2D eigenvalue weighted by molar-refractivity contribution is 0.280. The molecule has 1 aromatic carbocycles. The maximum Gasteiger partial charge on any atom is 0.146 e. The highest BCUT2D eigenvalue weighted by Crippen LogP contribution is 2.26. The van der Waals surface area contributed by atoms with Crippen LogP contribution in [0.3, 0.4) is 0 Å². The number of halogens is 1. The molecule has 2 rings (SSSR count). The Morgan fingerprint density at radius 1 is 1.32 bits per heavy atom. The van der Waals surface area contributed by atoms with Crippen LogP contribution in [0.4, 0.5) is 10.1 Å². The van der Waals surface area contributed by atoms with E-state index in [0.717, 1.165) is 37.3 Å². The lowest BCUT2D eigenvalue weighted by Crippen LogP contribution is -2.46. The van der Waals surface area contributed by atoms with Gasteiger partial charge in [0, 0.05) is 19.1 Å². The number of benzene rings is 1. The molecule has 106 valence electrons. The average Bonchev–Trinajstić information content (AvgIpc) is 2.54. The van der Waals surface area contributed by atoms with Gasteiger partial charge in [-0.15, -0.1) is 0 Å². The van der Waals surface area contributed by atoms with Crippen LogP contribution in [-0.2, 0) is 0 Å². The summed E-state index contributed by atoms with van der Waals surface area (Å²) in [6, 6.07) is 5.91. The second-order valence-electron chi connectivity index (χ2n) is 6.63. The molecule has 0 spiro atoms. The van der Waals surface area contributed by atoms with Crippen LogP contribution in [0, 0.1) is 18.2 Å². The summed E-state index contributed by atoms with van der Waals surface area (Å²) >= 11 is 0. The molecule has 1 fully saturated rings. The van der Waals surface area contributed by atoms with E-state index >= 15 is 0 Å². The van der Waals surface area contributed by atoms with E-state index < -0.39 is 0 Å². The van der Waals surface area contributed by atoms with Crippen molar-refractivity contribution < 1.29 is 4.39 Å². The molecule has 1 N–H and O–H groups in total. The molecule has 0 bridgehead atoms. The summed E-state index contributed by atoms with van der Waals surface area (Å²) in [5.41, 5.74) is 1.90. The van der Waals surface area contributed by atoms with Crippen molar-refractivity contribution in [3.05, 3.63) is 29.6 Å². The third-order valence-electron chi connectivity index (χ3n) is 3.89. The fourth-order valence-electron chi connectivity index (χ4n) is 2.59. The van der Waals surface area contributed by atoms with Gasteiger partial charge in [0.25, 0.3) is 0 Å². The van der Waals surface area contributed by atoms with Gasteiger partial charge in [-0.2, -0.15) is 0 Å². The van der Waals surface area contributed by atoms with E-state index in [0.29, 0.717) is 6.04 Å². The Kier molecular flexibility index (Phi) is 4.14. The zero-order chi connectivity index (χ0) is 14.0. The molecule has 1 unspecified atom stereocenters. The molecular weight excluding hydrogens is 239 g/mol. The van der Waals surface area contributed by atoms with Crippen LogP contribution in [0.15, 0.2) is 18.2 Å². The fraction of sp³-hybridized carbons (Fsp3) is 0.625. The SMILES string of the molecule is Cc1ccc(N2CCCNC(C(C)(C)C)C2)c(F)c1. The van der Waals surface area contributed by atoms with Crippen molar-refractivity contribution in [3.8, 4) is 0 Å². The summed E-state index contributed by atoms with van der Waals surface area (Å²) in [7, 11) is 0. The monoisotopic (exact) mass is 264 g/mol. The van der Waals surface area contributed by atoms with Crippen molar-refractivity contribution >= 4 is 5.69 Å². The van der Waals surface area contributed by atoms with Gasteiger partial charge in [0.1, 0.15) is 5.82 Å². The van der Waals surface area contributed by atoms with Crippen molar-refractivity contribution in [2.24, 2.45) is 5.41 Å². The first-order chi connectivity index (χ1) is 8.88. The number of hydrogen-bond donors (Lipinski definition) is 1. The van der Waals surface area contributed by atoms with Crippen LogP contribution in [-0.4, -0.2) is 25.7 Å². The predicted molar refractivity (Wildman–Crippen MR) is 79.2 cm³/mol. The highest BCUT2D eigenvalue weighted by atomic mass is 19.1. The number of nitrogens with one attached hydrogen (secondary N) is 1.